The zero-order valence-electron chi connectivity index (χ0n) is 18.0. The fourth-order valence-corrected chi connectivity index (χ4v) is 3.21. The summed E-state index contributed by atoms with van der Waals surface area (Å²) in [6, 6.07) is 21.1. The van der Waals surface area contributed by atoms with Gasteiger partial charge in [-0.1, -0.05) is 48.5 Å². The molecule has 0 radical (unpaired) electrons. The van der Waals surface area contributed by atoms with E-state index in [1.54, 1.807) is 13.4 Å². The van der Waals surface area contributed by atoms with Crippen LogP contribution < -0.4 is 10.6 Å². The predicted octanol–water partition coefficient (Wildman–Crippen LogP) is 2.84. The molecule has 0 saturated heterocycles. The lowest BCUT2D eigenvalue weighted by atomic mass is 10.1. The minimum absolute atomic E-state index is 0.456. The number of rotatable bonds is 9. The molecule has 7 nitrogen and oxygen atoms in total. The molecule has 0 aliphatic carbocycles. The molecule has 1 unspecified atom stereocenters. The highest BCUT2D eigenvalue weighted by Crippen LogP contribution is 2.09. The molecule has 3 aromatic rings. The van der Waals surface area contributed by atoms with Gasteiger partial charge in [0.1, 0.15) is 6.33 Å². The Morgan fingerprint density at radius 1 is 1.07 bits per heavy atom. The van der Waals surface area contributed by atoms with Crippen LogP contribution in [-0.4, -0.2) is 52.3 Å². The number of guanidine groups is 1. The molecule has 3 rings (SSSR count). The molecule has 0 bridgehead atoms. The van der Waals surface area contributed by atoms with Crippen molar-refractivity contribution in [3.63, 3.8) is 0 Å². The molecular formula is C23H31N7. The largest absolute Gasteiger partial charge is 0.356 e. The summed E-state index contributed by atoms with van der Waals surface area (Å²) in [7, 11) is 3.95. The van der Waals surface area contributed by atoms with Crippen molar-refractivity contribution in [2.45, 2.75) is 32.5 Å². The summed E-state index contributed by atoms with van der Waals surface area (Å²) >= 11 is 0. The summed E-state index contributed by atoms with van der Waals surface area (Å²) in [5.74, 6) is 1.59. The fraction of sp³-hybridized carbons (Fsp3) is 0.348. The van der Waals surface area contributed by atoms with Gasteiger partial charge in [0.15, 0.2) is 11.8 Å². The summed E-state index contributed by atoms with van der Waals surface area (Å²) in [4.78, 5) is 6.69. The molecule has 2 aromatic carbocycles. The lowest BCUT2D eigenvalue weighted by molar-refractivity contribution is 0.238. The van der Waals surface area contributed by atoms with Gasteiger partial charge >= 0.3 is 0 Å². The Hall–Kier alpha value is -3.19. The van der Waals surface area contributed by atoms with Crippen LogP contribution in [-0.2, 0) is 13.1 Å². The van der Waals surface area contributed by atoms with E-state index in [1.807, 2.05) is 34.9 Å². The summed E-state index contributed by atoms with van der Waals surface area (Å²) in [6.45, 7) is 4.58. The molecule has 2 N–H and O–H groups in total. The van der Waals surface area contributed by atoms with Crippen molar-refractivity contribution in [2.75, 3.05) is 20.6 Å². The smallest absolute Gasteiger partial charge is 0.191 e. The van der Waals surface area contributed by atoms with E-state index in [4.69, 9.17) is 0 Å². The van der Waals surface area contributed by atoms with Crippen LogP contribution >= 0.6 is 0 Å². The molecule has 158 valence electrons. The summed E-state index contributed by atoms with van der Waals surface area (Å²) < 4.78 is 1.97. The quantitative estimate of drug-likeness (QED) is 0.423. The van der Waals surface area contributed by atoms with Crippen LogP contribution in [0.2, 0.25) is 0 Å². The van der Waals surface area contributed by atoms with Crippen LogP contribution in [0.15, 0.2) is 72.0 Å². The van der Waals surface area contributed by atoms with Crippen molar-refractivity contribution in [3.05, 3.63) is 78.4 Å². The van der Waals surface area contributed by atoms with Crippen LogP contribution in [0.1, 0.15) is 24.7 Å². The zero-order chi connectivity index (χ0) is 21.2. The first-order valence-electron chi connectivity index (χ1n) is 10.3. The summed E-state index contributed by atoms with van der Waals surface area (Å²) in [5.41, 5.74) is 2.37. The van der Waals surface area contributed by atoms with E-state index in [9.17, 15) is 0 Å². The maximum atomic E-state index is 4.32. The third-order valence-corrected chi connectivity index (χ3v) is 5.17. The lowest BCUT2D eigenvalue weighted by Gasteiger charge is -2.25. The first-order chi connectivity index (χ1) is 14.7. The highest BCUT2D eigenvalue weighted by atomic mass is 15.3. The minimum atomic E-state index is 0.456. The van der Waals surface area contributed by atoms with E-state index in [1.165, 1.54) is 5.56 Å². The molecule has 0 aliphatic heterocycles. The Morgan fingerprint density at radius 3 is 2.47 bits per heavy atom. The topological polar surface area (TPSA) is 70.4 Å². The van der Waals surface area contributed by atoms with Crippen LogP contribution in [0.5, 0.6) is 0 Å². The predicted molar refractivity (Wildman–Crippen MR) is 122 cm³/mol. The standard InChI is InChI=1S/C23H31N7/c1-19(29(3)17-20-10-6-4-7-11-20)14-15-25-23(24-2)26-16-22-28-27-18-30(22)21-12-8-5-9-13-21/h4-13,18-19H,14-17H2,1-3H3,(H2,24,25,26). The van der Waals surface area contributed by atoms with Gasteiger partial charge in [-0.05, 0) is 38.1 Å². The number of aliphatic imine (C=N–C) groups is 1. The molecule has 7 heteroatoms. The molecular weight excluding hydrogens is 374 g/mol. The second-order valence-electron chi connectivity index (χ2n) is 7.34. The highest BCUT2D eigenvalue weighted by molar-refractivity contribution is 5.79. The van der Waals surface area contributed by atoms with Crippen LogP contribution in [0.3, 0.4) is 0 Å². The molecule has 1 heterocycles. The third kappa shape index (κ3) is 6.15. The van der Waals surface area contributed by atoms with E-state index in [-0.39, 0.29) is 0 Å². The molecule has 0 saturated carbocycles. The Morgan fingerprint density at radius 2 is 1.77 bits per heavy atom. The lowest BCUT2D eigenvalue weighted by Crippen LogP contribution is -2.40. The molecule has 30 heavy (non-hydrogen) atoms. The van der Waals surface area contributed by atoms with E-state index in [2.05, 4.69) is 75.0 Å². The van der Waals surface area contributed by atoms with Gasteiger partial charge in [-0.3, -0.25) is 14.5 Å². The first-order valence-corrected chi connectivity index (χ1v) is 10.3. The molecule has 0 spiro atoms. The molecule has 1 aromatic heterocycles. The zero-order valence-corrected chi connectivity index (χ0v) is 18.0. The van der Waals surface area contributed by atoms with Gasteiger partial charge in [-0.2, -0.15) is 0 Å². The monoisotopic (exact) mass is 405 g/mol. The first kappa shape index (κ1) is 21.5. The third-order valence-electron chi connectivity index (χ3n) is 5.17. The second-order valence-corrected chi connectivity index (χ2v) is 7.34. The molecule has 0 amide bonds. The van der Waals surface area contributed by atoms with E-state index < -0.39 is 0 Å². The number of benzene rings is 2. The van der Waals surface area contributed by atoms with Gasteiger partial charge in [-0.15, -0.1) is 10.2 Å². The van der Waals surface area contributed by atoms with Crippen molar-refractivity contribution in [1.82, 2.24) is 30.3 Å². The maximum absolute atomic E-state index is 4.32. The number of para-hydroxylation sites is 1. The highest BCUT2D eigenvalue weighted by Gasteiger charge is 2.11. The van der Waals surface area contributed by atoms with E-state index >= 15 is 0 Å². The van der Waals surface area contributed by atoms with Gasteiger partial charge in [-0.25, -0.2) is 0 Å². The van der Waals surface area contributed by atoms with Gasteiger partial charge < -0.3 is 10.6 Å². The molecule has 0 aliphatic rings. The molecule has 0 fully saturated rings. The van der Waals surface area contributed by atoms with Crippen molar-refractivity contribution >= 4 is 5.96 Å². The number of hydrogen-bond acceptors (Lipinski definition) is 4. The van der Waals surface area contributed by atoms with Crippen LogP contribution in [0.4, 0.5) is 0 Å². The van der Waals surface area contributed by atoms with E-state index in [0.29, 0.717) is 12.6 Å². The average molecular weight is 406 g/mol. The fourth-order valence-electron chi connectivity index (χ4n) is 3.21. The Balaban J connectivity index is 1.44. The number of aromatic nitrogens is 3. The van der Waals surface area contributed by atoms with Gasteiger partial charge in [0.25, 0.3) is 0 Å². The van der Waals surface area contributed by atoms with Crippen LogP contribution in [0.25, 0.3) is 5.69 Å². The van der Waals surface area contributed by atoms with Crippen molar-refractivity contribution in [2.24, 2.45) is 4.99 Å². The van der Waals surface area contributed by atoms with Gasteiger partial charge in [0.2, 0.25) is 0 Å². The van der Waals surface area contributed by atoms with E-state index in [0.717, 1.165) is 37.0 Å². The Bertz CT molecular complexity index is 906. The van der Waals surface area contributed by atoms with Crippen molar-refractivity contribution < 1.29 is 0 Å². The van der Waals surface area contributed by atoms with Crippen molar-refractivity contribution in [1.29, 1.82) is 0 Å². The Kier molecular flexibility index (Phi) is 7.97. The maximum Gasteiger partial charge on any atom is 0.191 e. The second kappa shape index (κ2) is 11.1. The summed E-state index contributed by atoms with van der Waals surface area (Å²) in [6.07, 6.45) is 2.75. The van der Waals surface area contributed by atoms with Gasteiger partial charge in [0.05, 0.1) is 6.54 Å². The van der Waals surface area contributed by atoms with Gasteiger partial charge in [0, 0.05) is 31.9 Å². The SMILES string of the molecule is CN=C(NCCC(C)N(C)Cc1ccccc1)NCc1nncn1-c1ccccc1. The van der Waals surface area contributed by atoms with Crippen LogP contribution in [0, 0.1) is 0 Å². The van der Waals surface area contributed by atoms with Crippen molar-refractivity contribution in [3.8, 4) is 5.69 Å². The number of nitrogens with zero attached hydrogens (tertiary/aromatic N) is 5. The number of nitrogens with one attached hydrogen (secondary N) is 2. The molecule has 1 atom stereocenters. The minimum Gasteiger partial charge on any atom is -0.356 e. The average Bonchev–Trinajstić information content (AvgIpc) is 3.26. The normalized spacial score (nSPS) is 12.7. The summed E-state index contributed by atoms with van der Waals surface area (Å²) in [5, 5.41) is 15.0. The Labute approximate surface area is 178 Å². The number of hydrogen-bond donors (Lipinski definition) is 2.